The maximum absolute atomic E-state index is 13.2. The Kier molecular flexibility index (Phi) is 5.92. The number of rotatable bonds is 5. The average molecular weight is 389 g/mol. The highest BCUT2D eigenvalue weighted by molar-refractivity contribution is 6.33. The normalized spacial score (nSPS) is 19.9. The highest BCUT2D eigenvalue weighted by Crippen LogP contribution is 2.39. The van der Waals surface area contributed by atoms with Crippen LogP contribution in [0.5, 0.6) is 0 Å². The van der Waals surface area contributed by atoms with E-state index in [-0.39, 0.29) is 23.3 Å². The number of benzene rings is 2. The Morgan fingerprint density at radius 1 is 1.22 bits per heavy atom. The number of halogens is 2. The summed E-state index contributed by atoms with van der Waals surface area (Å²) < 4.78 is 13.2. The van der Waals surface area contributed by atoms with Gasteiger partial charge in [-0.2, -0.15) is 0 Å². The first kappa shape index (κ1) is 19.5. The molecule has 27 heavy (non-hydrogen) atoms. The fourth-order valence-corrected chi connectivity index (χ4v) is 4.00. The molecule has 2 aromatic carbocycles. The molecule has 4 nitrogen and oxygen atoms in total. The van der Waals surface area contributed by atoms with Gasteiger partial charge in [0.05, 0.1) is 17.3 Å². The molecule has 0 unspecified atom stereocenters. The predicted octanol–water partition coefficient (Wildman–Crippen LogP) is 4.39. The van der Waals surface area contributed by atoms with Crippen molar-refractivity contribution in [3.05, 3.63) is 64.9 Å². The van der Waals surface area contributed by atoms with Gasteiger partial charge in [-0.25, -0.2) is 4.39 Å². The standard InChI is InChI=1S/C21H22ClFN2O2/c1-25(14-20(27)24-18-11-10-16(23)13-17(18)22)21(12-6-5-9-19(21)26)15-7-3-2-4-8-15/h2-4,7-8,10-11,13H,5-6,9,12,14H2,1H3,(H,24,27)/t21-/m1/s1. The number of ketones is 1. The largest absolute Gasteiger partial charge is 0.324 e. The van der Waals surface area contributed by atoms with Gasteiger partial charge >= 0.3 is 0 Å². The molecule has 1 N–H and O–H groups in total. The van der Waals surface area contributed by atoms with Gasteiger partial charge in [-0.15, -0.1) is 0 Å². The van der Waals surface area contributed by atoms with Gasteiger partial charge in [0.25, 0.3) is 0 Å². The second kappa shape index (κ2) is 8.19. The Morgan fingerprint density at radius 2 is 1.96 bits per heavy atom. The van der Waals surface area contributed by atoms with E-state index in [2.05, 4.69) is 5.32 Å². The molecule has 0 aliphatic heterocycles. The molecule has 2 aromatic rings. The van der Waals surface area contributed by atoms with E-state index in [4.69, 9.17) is 11.6 Å². The molecule has 1 aliphatic carbocycles. The molecule has 3 rings (SSSR count). The summed E-state index contributed by atoms with van der Waals surface area (Å²) in [6.45, 7) is 0.0222. The van der Waals surface area contributed by atoms with E-state index in [0.29, 0.717) is 18.5 Å². The number of nitrogens with zero attached hydrogens (tertiary/aromatic N) is 1. The van der Waals surface area contributed by atoms with Crippen molar-refractivity contribution in [2.75, 3.05) is 18.9 Å². The number of hydrogen-bond donors (Lipinski definition) is 1. The van der Waals surface area contributed by atoms with Crippen molar-refractivity contribution in [3.8, 4) is 0 Å². The second-order valence-corrected chi connectivity index (χ2v) is 7.29. The Balaban J connectivity index is 1.81. The van der Waals surface area contributed by atoms with Gasteiger partial charge in [-0.05, 0) is 43.7 Å². The highest BCUT2D eigenvalue weighted by atomic mass is 35.5. The van der Waals surface area contributed by atoms with Crippen molar-refractivity contribution in [2.45, 2.75) is 31.2 Å². The second-order valence-electron chi connectivity index (χ2n) is 6.88. The lowest BCUT2D eigenvalue weighted by Crippen LogP contribution is -2.53. The van der Waals surface area contributed by atoms with E-state index in [1.54, 1.807) is 7.05 Å². The molecule has 0 spiro atoms. The Labute approximate surface area is 163 Å². The van der Waals surface area contributed by atoms with E-state index < -0.39 is 11.4 Å². The van der Waals surface area contributed by atoms with Crippen LogP contribution in [0.2, 0.25) is 5.02 Å². The smallest absolute Gasteiger partial charge is 0.238 e. The zero-order valence-electron chi connectivity index (χ0n) is 15.2. The average Bonchev–Trinajstić information content (AvgIpc) is 2.65. The van der Waals surface area contributed by atoms with Crippen molar-refractivity contribution in [1.82, 2.24) is 4.90 Å². The maximum atomic E-state index is 13.2. The van der Waals surface area contributed by atoms with E-state index >= 15 is 0 Å². The number of hydrogen-bond acceptors (Lipinski definition) is 3. The number of carbonyl (C=O) groups is 2. The third kappa shape index (κ3) is 4.04. The molecule has 1 saturated carbocycles. The number of Topliss-reactive ketones (excluding diaryl/α,β-unsaturated/α-hetero) is 1. The first-order valence-electron chi connectivity index (χ1n) is 8.98. The molecule has 1 fully saturated rings. The molecule has 0 aromatic heterocycles. The Morgan fingerprint density at radius 3 is 2.63 bits per heavy atom. The Hall–Kier alpha value is -2.24. The van der Waals surface area contributed by atoms with Gasteiger partial charge < -0.3 is 5.32 Å². The van der Waals surface area contributed by atoms with Crippen LogP contribution in [-0.4, -0.2) is 30.2 Å². The Bertz CT molecular complexity index is 843. The van der Waals surface area contributed by atoms with Crippen LogP contribution in [0.4, 0.5) is 10.1 Å². The summed E-state index contributed by atoms with van der Waals surface area (Å²) in [5.74, 6) is -0.638. The highest BCUT2D eigenvalue weighted by Gasteiger charge is 2.45. The quantitative estimate of drug-likeness (QED) is 0.826. The number of likely N-dealkylation sites (N-methyl/N-ethyl adjacent to an activating group) is 1. The molecule has 0 radical (unpaired) electrons. The SMILES string of the molecule is CN(CC(=O)Nc1ccc(F)cc1Cl)[C@@]1(c2ccccc2)CCCCC1=O. The topological polar surface area (TPSA) is 49.4 Å². The monoisotopic (exact) mass is 388 g/mol. The molecule has 1 atom stereocenters. The van der Waals surface area contributed by atoms with Crippen LogP contribution < -0.4 is 5.32 Å². The summed E-state index contributed by atoms with van der Waals surface area (Å²) in [4.78, 5) is 27.3. The zero-order chi connectivity index (χ0) is 19.4. The summed E-state index contributed by atoms with van der Waals surface area (Å²) in [6, 6.07) is 13.4. The van der Waals surface area contributed by atoms with Gasteiger partial charge in [-0.1, -0.05) is 48.4 Å². The van der Waals surface area contributed by atoms with E-state index in [0.717, 1.165) is 24.5 Å². The van der Waals surface area contributed by atoms with E-state index in [1.807, 2.05) is 35.2 Å². The van der Waals surface area contributed by atoms with Crippen molar-refractivity contribution in [3.63, 3.8) is 0 Å². The number of nitrogens with one attached hydrogen (secondary N) is 1. The molecule has 142 valence electrons. The summed E-state index contributed by atoms with van der Waals surface area (Å²) in [7, 11) is 1.79. The molecule has 0 bridgehead atoms. The van der Waals surface area contributed by atoms with Crippen LogP contribution in [0.3, 0.4) is 0 Å². The molecule has 1 aliphatic rings. The first-order chi connectivity index (χ1) is 12.9. The van der Waals surface area contributed by atoms with E-state index in [9.17, 15) is 14.0 Å². The maximum Gasteiger partial charge on any atom is 0.238 e. The van der Waals surface area contributed by atoms with Crippen LogP contribution in [-0.2, 0) is 15.1 Å². The van der Waals surface area contributed by atoms with Crippen LogP contribution in [0.25, 0.3) is 0 Å². The van der Waals surface area contributed by atoms with Gasteiger partial charge in [0.15, 0.2) is 5.78 Å². The molecule has 0 saturated heterocycles. The van der Waals surface area contributed by atoms with Gasteiger partial charge in [0.1, 0.15) is 11.4 Å². The third-order valence-corrected chi connectivity index (χ3v) is 5.46. The van der Waals surface area contributed by atoms with E-state index in [1.165, 1.54) is 12.1 Å². The molecular formula is C21H22ClFN2O2. The van der Waals surface area contributed by atoms with Crippen LogP contribution in [0, 0.1) is 5.82 Å². The summed E-state index contributed by atoms with van der Waals surface area (Å²) in [6.07, 6.45) is 2.98. The minimum absolute atomic E-state index is 0.0222. The lowest BCUT2D eigenvalue weighted by atomic mass is 9.74. The fourth-order valence-electron chi connectivity index (χ4n) is 3.79. The summed E-state index contributed by atoms with van der Waals surface area (Å²) in [5.41, 5.74) is 0.452. The lowest BCUT2D eigenvalue weighted by Gasteiger charge is -2.43. The predicted molar refractivity (Wildman–Crippen MR) is 104 cm³/mol. The molecule has 0 heterocycles. The molecule has 6 heteroatoms. The number of carbonyl (C=O) groups excluding carboxylic acids is 2. The van der Waals surface area contributed by atoms with Crippen molar-refractivity contribution in [2.24, 2.45) is 0 Å². The summed E-state index contributed by atoms with van der Waals surface area (Å²) >= 11 is 5.98. The van der Waals surface area contributed by atoms with Gasteiger partial charge in [-0.3, -0.25) is 14.5 Å². The minimum atomic E-state index is -0.802. The van der Waals surface area contributed by atoms with Crippen LogP contribution >= 0.6 is 11.6 Å². The van der Waals surface area contributed by atoms with Gasteiger partial charge in [0, 0.05) is 6.42 Å². The number of anilines is 1. The summed E-state index contributed by atoms with van der Waals surface area (Å²) in [5, 5.41) is 2.84. The zero-order valence-corrected chi connectivity index (χ0v) is 15.9. The van der Waals surface area contributed by atoms with Crippen molar-refractivity contribution in [1.29, 1.82) is 0 Å². The van der Waals surface area contributed by atoms with Crippen molar-refractivity contribution >= 4 is 29.0 Å². The molecular weight excluding hydrogens is 367 g/mol. The lowest BCUT2D eigenvalue weighted by molar-refractivity contribution is -0.135. The molecule has 1 amide bonds. The fraction of sp³-hybridized carbons (Fsp3) is 0.333. The van der Waals surface area contributed by atoms with Crippen LogP contribution in [0.15, 0.2) is 48.5 Å². The minimum Gasteiger partial charge on any atom is -0.324 e. The van der Waals surface area contributed by atoms with Crippen LogP contribution in [0.1, 0.15) is 31.2 Å². The van der Waals surface area contributed by atoms with Crippen molar-refractivity contribution < 1.29 is 14.0 Å². The van der Waals surface area contributed by atoms with Gasteiger partial charge in [0.2, 0.25) is 5.91 Å². The third-order valence-electron chi connectivity index (χ3n) is 5.14. The first-order valence-corrected chi connectivity index (χ1v) is 9.36. The number of amides is 1.